The van der Waals surface area contributed by atoms with Gasteiger partial charge < -0.3 is 20.2 Å². The molecule has 0 aliphatic heterocycles. The minimum absolute atomic E-state index is 0.0571. The number of hydrogen-bond acceptors (Lipinski definition) is 4. The predicted molar refractivity (Wildman–Crippen MR) is 90.8 cm³/mol. The molecule has 3 N–H and O–H groups in total. The van der Waals surface area contributed by atoms with Gasteiger partial charge in [-0.25, -0.2) is 4.39 Å². The molecule has 2 amide bonds. The van der Waals surface area contributed by atoms with Crippen molar-refractivity contribution in [3.63, 3.8) is 0 Å². The van der Waals surface area contributed by atoms with Crippen molar-refractivity contribution in [1.82, 2.24) is 5.32 Å². The molecule has 0 saturated heterocycles. The maximum Gasteiger partial charge on any atom is 0.251 e. The van der Waals surface area contributed by atoms with E-state index in [1.54, 1.807) is 26.8 Å². The number of benzene rings is 1. The molecule has 7 heteroatoms. The Morgan fingerprint density at radius 1 is 1.28 bits per heavy atom. The molecule has 0 radical (unpaired) electrons. The number of nitrogens with one attached hydrogen (secondary N) is 2. The monoisotopic (exact) mass is 348 g/mol. The van der Waals surface area contributed by atoms with Crippen molar-refractivity contribution in [1.29, 1.82) is 0 Å². The van der Waals surface area contributed by atoms with E-state index in [4.69, 9.17) is 4.42 Å². The van der Waals surface area contributed by atoms with Crippen LogP contribution in [0.4, 0.5) is 10.1 Å². The number of aryl methyl sites for hydroxylation is 2. The van der Waals surface area contributed by atoms with E-state index < -0.39 is 23.2 Å². The lowest BCUT2D eigenvalue weighted by molar-refractivity contribution is -0.114. The summed E-state index contributed by atoms with van der Waals surface area (Å²) in [7, 11) is 0. The van der Waals surface area contributed by atoms with Gasteiger partial charge in [-0.05, 0) is 45.0 Å². The molecule has 0 fully saturated rings. The summed E-state index contributed by atoms with van der Waals surface area (Å²) in [6.07, 6.45) is 0. The van der Waals surface area contributed by atoms with Crippen LogP contribution in [-0.2, 0) is 10.4 Å². The number of hydrogen-bond donors (Lipinski definition) is 3. The molecule has 1 atom stereocenters. The summed E-state index contributed by atoms with van der Waals surface area (Å²) in [6, 6.07) is 5.36. The standard InChI is InChI=1S/C18H21FN2O4/c1-10-7-14(11(2)25-10)18(4,24)9-20-17(23)13-5-6-15(19)16(8-13)21-12(3)22/h5-8,24H,9H2,1-4H3,(H,20,23)(H,21,22). The van der Waals surface area contributed by atoms with E-state index in [0.29, 0.717) is 17.1 Å². The number of furan rings is 1. The van der Waals surface area contributed by atoms with Crippen LogP contribution in [0.2, 0.25) is 0 Å². The van der Waals surface area contributed by atoms with Crippen LogP contribution in [0.3, 0.4) is 0 Å². The summed E-state index contributed by atoms with van der Waals surface area (Å²) in [5.41, 5.74) is -0.643. The molecule has 0 aliphatic rings. The van der Waals surface area contributed by atoms with Gasteiger partial charge in [0.25, 0.3) is 5.91 Å². The highest BCUT2D eigenvalue weighted by atomic mass is 19.1. The van der Waals surface area contributed by atoms with Crippen LogP contribution in [0.5, 0.6) is 0 Å². The first-order chi connectivity index (χ1) is 11.6. The van der Waals surface area contributed by atoms with Gasteiger partial charge in [0, 0.05) is 18.1 Å². The Labute approximate surface area is 145 Å². The quantitative estimate of drug-likeness (QED) is 0.775. The molecule has 1 aromatic heterocycles. The number of halogens is 1. The molecular formula is C18H21FN2O4. The van der Waals surface area contributed by atoms with Gasteiger partial charge >= 0.3 is 0 Å². The molecule has 0 aliphatic carbocycles. The minimum Gasteiger partial charge on any atom is -0.466 e. The summed E-state index contributed by atoms with van der Waals surface area (Å²) in [6.45, 7) is 6.26. The summed E-state index contributed by atoms with van der Waals surface area (Å²) in [5, 5.41) is 15.5. The average molecular weight is 348 g/mol. The van der Waals surface area contributed by atoms with Crippen LogP contribution in [0, 0.1) is 19.7 Å². The van der Waals surface area contributed by atoms with Gasteiger partial charge in [0.1, 0.15) is 22.9 Å². The van der Waals surface area contributed by atoms with Gasteiger partial charge in [-0.3, -0.25) is 9.59 Å². The van der Waals surface area contributed by atoms with Crippen molar-refractivity contribution in [3.05, 3.63) is 52.7 Å². The van der Waals surface area contributed by atoms with Gasteiger partial charge in [-0.1, -0.05) is 0 Å². The number of rotatable bonds is 5. The molecule has 2 aromatic rings. The lowest BCUT2D eigenvalue weighted by Gasteiger charge is -2.23. The van der Waals surface area contributed by atoms with Crippen molar-refractivity contribution >= 4 is 17.5 Å². The number of carbonyl (C=O) groups is 2. The second kappa shape index (κ2) is 7.06. The fourth-order valence-corrected chi connectivity index (χ4v) is 2.57. The van der Waals surface area contributed by atoms with Gasteiger partial charge in [-0.2, -0.15) is 0 Å². The third kappa shape index (κ3) is 4.45. The third-order valence-corrected chi connectivity index (χ3v) is 3.75. The molecule has 0 saturated carbocycles. The SMILES string of the molecule is CC(=O)Nc1cc(C(=O)NCC(C)(O)c2cc(C)oc2C)ccc1F. The van der Waals surface area contributed by atoms with Gasteiger partial charge in [-0.15, -0.1) is 0 Å². The van der Waals surface area contributed by atoms with Crippen molar-refractivity contribution in [2.24, 2.45) is 0 Å². The number of amides is 2. The molecule has 1 heterocycles. The highest BCUT2D eigenvalue weighted by Gasteiger charge is 2.28. The third-order valence-electron chi connectivity index (χ3n) is 3.75. The van der Waals surface area contributed by atoms with E-state index in [1.165, 1.54) is 19.1 Å². The summed E-state index contributed by atoms with van der Waals surface area (Å²) in [4.78, 5) is 23.4. The molecule has 2 rings (SSSR count). The Bertz CT molecular complexity index is 811. The zero-order valence-electron chi connectivity index (χ0n) is 14.6. The van der Waals surface area contributed by atoms with E-state index in [1.807, 2.05) is 0 Å². The largest absolute Gasteiger partial charge is 0.466 e. The first-order valence-electron chi connectivity index (χ1n) is 7.75. The van der Waals surface area contributed by atoms with Crippen LogP contribution in [-0.4, -0.2) is 23.5 Å². The first-order valence-corrected chi connectivity index (χ1v) is 7.75. The van der Waals surface area contributed by atoms with E-state index in [-0.39, 0.29) is 17.8 Å². The van der Waals surface area contributed by atoms with Crippen molar-refractivity contribution in [2.75, 3.05) is 11.9 Å². The van der Waals surface area contributed by atoms with Crippen molar-refractivity contribution < 1.29 is 23.5 Å². The lowest BCUT2D eigenvalue weighted by Crippen LogP contribution is -2.38. The Balaban J connectivity index is 2.12. The minimum atomic E-state index is -1.32. The molecule has 6 nitrogen and oxygen atoms in total. The van der Waals surface area contributed by atoms with Gasteiger partial charge in [0.15, 0.2) is 0 Å². The van der Waals surface area contributed by atoms with Crippen LogP contribution in [0.15, 0.2) is 28.7 Å². The van der Waals surface area contributed by atoms with Crippen LogP contribution in [0.25, 0.3) is 0 Å². The number of aliphatic hydroxyl groups is 1. The Morgan fingerprint density at radius 3 is 2.52 bits per heavy atom. The van der Waals surface area contributed by atoms with Crippen LogP contribution >= 0.6 is 0 Å². The Morgan fingerprint density at radius 2 is 1.96 bits per heavy atom. The summed E-state index contributed by atoms with van der Waals surface area (Å²) >= 11 is 0. The van der Waals surface area contributed by atoms with Crippen LogP contribution in [0.1, 0.15) is 41.3 Å². The normalized spacial score (nSPS) is 13.2. The second-order valence-corrected chi connectivity index (χ2v) is 6.16. The topological polar surface area (TPSA) is 91.6 Å². The number of carbonyl (C=O) groups excluding carboxylic acids is 2. The summed E-state index contributed by atoms with van der Waals surface area (Å²) < 4.78 is 19.0. The molecule has 25 heavy (non-hydrogen) atoms. The molecule has 1 unspecified atom stereocenters. The van der Waals surface area contributed by atoms with Crippen molar-refractivity contribution in [3.8, 4) is 0 Å². The Kier molecular flexibility index (Phi) is 5.27. The summed E-state index contributed by atoms with van der Waals surface area (Å²) in [5.74, 6) is -0.331. The van der Waals surface area contributed by atoms with E-state index in [9.17, 15) is 19.1 Å². The first kappa shape index (κ1) is 18.7. The highest BCUT2D eigenvalue weighted by molar-refractivity contribution is 5.96. The highest BCUT2D eigenvalue weighted by Crippen LogP contribution is 2.26. The average Bonchev–Trinajstić information content (AvgIpc) is 2.86. The molecule has 134 valence electrons. The predicted octanol–water partition coefficient (Wildman–Crippen LogP) is 2.63. The van der Waals surface area contributed by atoms with E-state index in [0.717, 1.165) is 6.07 Å². The maximum absolute atomic E-state index is 13.6. The van der Waals surface area contributed by atoms with Gasteiger partial charge in [0.05, 0.1) is 12.2 Å². The van der Waals surface area contributed by atoms with E-state index in [2.05, 4.69) is 10.6 Å². The maximum atomic E-state index is 13.6. The van der Waals surface area contributed by atoms with Gasteiger partial charge in [0.2, 0.25) is 5.91 Å². The smallest absolute Gasteiger partial charge is 0.251 e. The Hall–Kier alpha value is -2.67. The molecule has 0 spiro atoms. The molecule has 0 bridgehead atoms. The van der Waals surface area contributed by atoms with Crippen molar-refractivity contribution in [2.45, 2.75) is 33.3 Å². The zero-order chi connectivity index (χ0) is 18.8. The number of anilines is 1. The molecule has 1 aromatic carbocycles. The van der Waals surface area contributed by atoms with E-state index >= 15 is 0 Å². The fraction of sp³-hybridized carbons (Fsp3) is 0.333. The molecular weight excluding hydrogens is 327 g/mol. The van der Waals surface area contributed by atoms with Crippen LogP contribution < -0.4 is 10.6 Å². The lowest BCUT2D eigenvalue weighted by atomic mass is 9.96. The zero-order valence-corrected chi connectivity index (χ0v) is 14.6. The second-order valence-electron chi connectivity index (χ2n) is 6.16. The fourth-order valence-electron chi connectivity index (χ4n) is 2.57.